The lowest BCUT2D eigenvalue weighted by atomic mass is 9.58. The number of aromatic hydroxyl groups is 1. The maximum absolute atomic E-state index is 15.1. The van der Waals surface area contributed by atoms with Gasteiger partial charge in [-0.25, -0.2) is 4.39 Å². The van der Waals surface area contributed by atoms with Gasteiger partial charge in [-0.15, -0.1) is 0 Å². The number of ketones is 2. The maximum Gasteiger partial charge on any atom is 0.265 e. The highest BCUT2D eigenvalue weighted by Gasteiger charge is 2.62. The van der Waals surface area contributed by atoms with Crippen LogP contribution in [-0.2, 0) is 24.2 Å². The van der Waals surface area contributed by atoms with E-state index < -0.39 is 57.8 Å². The second-order valence-corrected chi connectivity index (χ2v) is 11.5. The molecule has 1 unspecified atom stereocenters. The SMILES string of the molecule is CN(C)CCNC(=O)c1c(F)cc2c(c1O)C(O)=C1C(=O)[C@]3(O)C(=O)c4c(OCc5ccccc5)noc4C[C@@H]3CC1C2. The van der Waals surface area contributed by atoms with Crippen molar-refractivity contribution in [3.05, 3.63) is 81.4 Å². The Bertz CT molecular complexity index is 1680. The van der Waals surface area contributed by atoms with Crippen molar-refractivity contribution in [3.8, 4) is 11.6 Å². The number of amides is 1. The molecule has 3 atom stereocenters. The summed E-state index contributed by atoms with van der Waals surface area (Å²) < 4.78 is 26.2. The summed E-state index contributed by atoms with van der Waals surface area (Å²) in [5.41, 5.74) is -2.90. The first-order chi connectivity index (χ1) is 20.5. The number of halogens is 1. The number of rotatable bonds is 7. The molecule has 1 amide bonds. The number of aliphatic hydroxyl groups is 2. The van der Waals surface area contributed by atoms with E-state index >= 15 is 4.39 Å². The number of benzene rings is 2. The lowest BCUT2D eigenvalue weighted by molar-refractivity contribution is -0.138. The number of hydrogen-bond donors (Lipinski definition) is 4. The summed E-state index contributed by atoms with van der Waals surface area (Å²) in [4.78, 5) is 42.3. The number of aromatic nitrogens is 1. The van der Waals surface area contributed by atoms with Crippen LogP contribution in [0.5, 0.6) is 11.6 Å². The topological polar surface area (TPSA) is 162 Å². The van der Waals surface area contributed by atoms with E-state index in [-0.39, 0.29) is 66.3 Å². The van der Waals surface area contributed by atoms with Crippen LogP contribution in [0.2, 0.25) is 0 Å². The molecule has 1 saturated carbocycles. The van der Waals surface area contributed by atoms with Crippen LogP contribution in [0.25, 0.3) is 5.76 Å². The monoisotopic (exact) mass is 591 g/mol. The highest BCUT2D eigenvalue weighted by molar-refractivity contribution is 6.26. The van der Waals surface area contributed by atoms with Crippen molar-refractivity contribution in [2.45, 2.75) is 31.5 Å². The van der Waals surface area contributed by atoms with Gasteiger partial charge in [0.15, 0.2) is 11.4 Å². The van der Waals surface area contributed by atoms with Crippen LogP contribution in [-0.4, -0.2) is 75.6 Å². The fourth-order valence-electron chi connectivity index (χ4n) is 6.33. The standard InChI is InChI=1S/C31H30FN3O8/c1-35(2)9-8-33-29(40)23-19(32)12-17-10-16-11-18-13-20-24(30(34-43-20)42-14-15-6-4-3-5-7-15)28(39)31(18,41)27(38)22(16)25(36)21(17)26(23)37/h3-7,12,16,18,36-37,41H,8-11,13-14H2,1-2H3,(H,33,40)/t16?,18-,31-/m0/s1. The Kier molecular flexibility index (Phi) is 7.05. The summed E-state index contributed by atoms with van der Waals surface area (Å²) in [6, 6.07) is 10.2. The van der Waals surface area contributed by atoms with Gasteiger partial charge in [-0.05, 0) is 55.2 Å². The Morgan fingerprint density at radius 2 is 1.91 bits per heavy atom. The minimum Gasteiger partial charge on any atom is -0.507 e. The van der Waals surface area contributed by atoms with Crippen molar-refractivity contribution < 1.29 is 43.4 Å². The van der Waals surface area contributed by atoms with Gasteiger partial charge >= 0.3 is 0 Å². The third kappa shape index (κ3) is 4.57. The van der Waals surface area contributed by atoms with Gasteiger partial charge in [0.1, 0.15) is 35.1 Å². The van der Waals surface area contributed by atoms with Gasteiger partial charge in [-0.3, -0.25) is 14.4 Å². The first-order valence-electron chi connectivity index (χ1n) is 13.9. The molecule has 0 bridgehead atoms. The van der Waals surface area contributed by atoms with Gasteiger partial charge in [0, 0.05) is 31.0 Å². The summed E-state index contributed by atoms with van der Waals surface area (Å²) in [5.74, 6) is -6.94. The smallest absolute Gasteiger partial charge is 0.265 e. The molecule has 3 aromatic rings. The van der Waals surface area contributed by atoms with Crippen molar-refractivity contribution in [2.24, 2.45) is 11.8 Å². The van der Waals surface area contributed by atoms with E-state index in [4.69, 9.17) is 9.26 Å². The third-order valence-corrected chi connectivity index (χ3v) is 8.48. The third-order valence-electron chi connectivity index (χ3n) is 8.48. The van der Waals surface area contributed by atoms with Gasteiger partial charge < -0.3 is 34.8 Å². The van der Waals surface area contributed by atoms with E-state index in [1.807, 2.05) is 30.3 Å². The number of ether oxygens (including phenoxy) is 1. The van der Waals surface area contributed by atoms with E-state index in [0.29, 0.717) is 6.54 Å². The quantitative estimate of drug-likeness (QED) is 0.301. The van der Waals surface area contributed by atoms with Crippen molar-refractivity contribution in [1.29, 1.82) is 0 Å². The van der Waals surface area contributed by atoms with E-state index in [2.05, 4.69) is 10.5 Å². The predicted octanol–water partition coefficient (Wildman–Crippen LogP) is 2.59. The summed E-state index contributed by atoms with van der Waals surface area (Å²) in [6.45, 7) is 0.702. The normalized spacial score (nSPS) is 22.5. The fraction of sp³-hybridized carbons (Fsp3) is 0.355. The Hall–Kier alpha value is -4.55. The molecule has 0 spiro atoms. The molecule has 224 valence electrons. The van der Waals surface area contributed by atoms with Crippen LogP contribution in [0.15, 0.2) is 46.5 Å². The number of carbonyl (C=O) groups excluding carboxylic acids is 3. The van der Waals surface area contributed by atoms with Crippen LogP contribution in [0.1, 0.15) is 49.6 Å². The first-order valence-corrected chi connectivity index (χ1v) is 13.9. The summed E-state index contributed by atoms with van der Waals surface area (Å²) in [5, 5.41) is 40.5. The summed E-state index contributed by atoms with van der Waals surface area (Å²) in [6.07, 6.45) is 0.124. The van der Waals surface area contributed by atoms with E-state index in [9.17, 15) is 29.7 Å². The zero-order chi connectivity index (χ0) is 30.6. The molecule has 1 aromatic heterocycles. The lowest BCUT2D eigenvalue weighted by Gasteiger charge is -2.45. The number of fused-ring (bicyclic) bond motifs is 4. The zero-order valence-electron chi connectivity index (χ0n) is 23.5. The molecule has 1 fully saturated rings. The Balaban J connectivity index is 1.34. The molecule has 1 heterocycles. The molecule has 2 aromatic carbocycles. The molecule has 43 heavy (non-hydrogen) atoms. The predicted molar refractivity (Wildman–Crippen MR) is 149 cm³/mol. The number of carbonyl (C=O) groups is 3. The van der Waals surface area contributed by atoms with Crippen molar-refractivity contribution in [2.75, 3.05) is 27.2 Å². The van der Waals surface area contributed by atoms with Gasteiger partial charge in [-0.2, -0.15) is 0 Å². The van der Waals surface area contributed by atoms with Crippen LogP contribution in [0.3, 0.4) is 0 Å². The number of nitrogens with one attached hydrogen (secondary N) is 1. The van der Waals surface area contributed by atoms with Crippen LogP contribution >= 0.6 is 0 Å². The molecule has 4 N–H and O–H groups in total. The van der Waals surface area contributed by atoms with Crippen molar-refractivity contribution in [1.82, 2.24) is 15.4 Å². The molecule has 3 aliphatic carbocycles. The fourth-order valence-corrected chi connectivity index (χ4v) is 6.33. The molecule has 6 rings (SSSR count). The zero-order valence-corrected chi connectivity index (χ0v) is 23.5. The maximum atomic E-state index is 15.1. The molecule has 0 radical (unpaired) electrons. The molecular weight excluding hydrogens is 561 g/mol. The largest absolute Gasteiger partial charge is 0.507 e. The second-order valence-electron chi connectivity index (χ2n) is 11.5. The Labute approximate surface area is 245 Å². The van der Waals surface area contributed by atoms with Gasteiger partial charge in [0.2, 0.25) is 11.6 Å². The van der Waals surface area contributed by atoms with Crippen LogP contribution in [0, 0.1) is 17.7 Å². The number of phenolic OH excluding ortho intramolecular Hbond substituents is 1. The number of phenols is 1. The minimum absolute atomic E-state index is 0.00801. The van der Waals surface area contributed by atoms with Crippen LogP contribution in [0.4, 0.5) is 4.39 Å². The number of aliphatic hydroxyl groups excluding tert-OH is 1. The second kappa shape index (κ2) is 10.6. The lowest BCUT2D eigenvalue weighted by Crippen LogP contribution is -2.60. The first kappa shape index (κ1) is 28.6. The molecule has 11 nitrogen and oxygen atoms in total. The molecule has 0 saturated heterocycles. The minimum atomic E-state index is -2.55. The number of nitrogens with zero attached hydrogens (tertiary/aromatic N) is 2. The van der Waals surface area contributed by atoms with Gasteiger partial charge in [0.05, 0.1) is 5.56 Å². The van der Waals surface area contributed by atoms with Gasteiger partial charge in [-0.1, -0.05) is 30.3 Å². The number of Topliss-reactive ketones (excluding diaryl/α,β-unsaturated/α-hetero) is 2. The molecule has 3 aliphatic rings. The van der Waals surface area contributed by atoms with Gasteiger partial charge in [0.25, 0.3) is 11.8 Å². The van der Waals surface area contributed by atoms with Crippen molar-refractivity contribution in [3.63, 3.8) is 0 Å². The molecule has 0 aliphatic heterocycles. The Morgan fingerprint density at radius 1 is 1.16 bits per heavy atom. The average Bonchev–Trinajstić information content (AvgIpc) is 3.36. The van der Waals surface area contributed by atoms with E-state index in [0.717, 1.165) is 11.6 Å². The van der Waals surface area contributed by atoms with E-state index in [1.54, 1.807) is 19.0 Å². The van der Waals surface area contributed by atoms with Crippen molar-refractivity contribution >= 4 is 23.2 Å². The highest BCUT2D eigenvalue weighted by atomic mass is 19.1. The molecule has 12 heteroatoms. The Morgan fingerprint density at radius 3 is 2.63 bits per heavy atom. The van der Waals surface area contributed by atoms with E-state index in [1.165, 1.54) is 0 Å². The number of likely N-dealkylation sites (N-methyl/N-ethyl adjacent to an activating group) is 1. The molecular formula is C31H30FN3O8. The summed E-state index contributed by atoms with van der Waals surface area (Å²) >= 11 is 0. The summed E-state index contributed by atoms with van der Waals surface area (Å²) in [7, 11) is 3.59. The highest BCUT2D eigenvalue weighted by Crippen LogP contribution is 2.52. The average molecular weight is 592 g/mol. The van der Waals surface area contributed by atoms with Crippen LogP contribution < -0.4 is 10.1 Å². The number of hydrogen-bond acceptors (Lipinski definition) is 10.